The number of nitrogens with one attached hydrogen (secondary N) is 2. The van der Waals surface area contributed by atoms with Crippen molar-refractivity contribution in [2.75, 3.05) is 70.5 Å². The molecule has 3 aromatic carbocycles. The second-order valence-corrected chi connectivity index (χ2v) is 14.2. The Morgan fingerprint density at radius 2 is 1.73 bits per heavy atom. The molecule has 0 aliphatic carbocycles. The van der Waals surface area contributed by atoms with Gasteiger partial charge < -0.3 is 44.3 Å². The van der Waals surface area contributed by atoms with Gasteiger partial charge in [0, 0.05) is 74.7 Å². The van der Waals surface area contributed by atoms with Gasteiger partial charge in [-0.15, -0.1) is 0 Å². The molecule has 6 aromatic rings. The molecule has 292 valence electrons. The standard InChI is InChI=1S/C33H31FN4O5.C8H14N4O/c34-24-16-22-29-32(30(24)37-10-3-4-11-37)43-28-17-21-20-6-1-2-7-26(20)42-27(21)18-25(28)38(29)19-23(31(22)39)33(40)35-8-5-9-36-12-14-41-15-13-36;9-8(13)6-10-2-1-4-12-5-3-11-7-12/h1-2,6-7,16-19H,3-5,8-15H2,(H,35,40);3,5,7,10H,1-2,4,6H2,(H2,9,13). The molecule has 3 aliphatic heterocycles. The number of pyridine rings is 1. The summed E-state index contributed by atoms with van der Waals surface area (Å²) in [4.78, 5) is 45.7. The van der Waals surface area contributed by atoms with Crippen LogP contribution in [0.1, 0.15) is 36.0 Å². The highest BCUT2D eigenvalue weighted by molar-refractivity contribution is 6.07. The Bertz CT molecular complexity index is 2430. The van der Waals surface area contributed by atoms with Crippen LogP contribution in [0.3, 0.4) is 0 Å². The molecule has 0 unspecified atom stereocenters. The van der Waals surface area contributed by atoms with Crippen LogP contribution in [0.15, 0.2) is 76.6 Å². The number of anilines is 1. The Morgan fingerprint density at radius 1 is 0.929 bits per heavy atom. The minimum Gasteiger partial charge on any atom is -0.456 e. The Hall–Kier alpha value is -5.77. The van der Waals surface area contributed by atoms with Crippen LogP contribution in [0.2, 0.25) is 0 Å². The lowest BCUT2D eigenvalue weighted by molar-refractivity contribution is -0.117. The first kappa shape index (κ1) is 37.2. The Balaban J connectivity index is 0.000000290. The third-order valence-electron chi connectivity index (χ3n) is 10.4. The molecule has 4 N–H and O–H groups in total. The Labute approximate surface area is 321 Å². The number of aryl methyl sites for hydroxylation is 1. The number of benzene rings is 3. The molecule has 56 heavy (non-hydrogen) atoms. The molecule has 3 aliphatic rings. The van der Waals surface area contributed by atoms with Crippen LogP contribution in [-0.2, 0) is 16.1 Å². The summed E-state index contributed by atoms with van der Waals surface area (Å²) in [6.45, 7) is 7.78. The summed E-state index contributed by atoms with van der Waals surface area (Å²) >= 11 is 0. The molecule has 0 radical (unpaired) electrons. The minimum atomic E-state index is -0.533. The van der Waals surface area contributed by atoms with Gasteiger partial charge in [-0.2, -0.15) is 0 Å². The van der Waals surface area contributed by atoms with Gasteiger partial charge in [-0.25, -0.2) is 9.37 Å². The molecular weight excluding hydrogens is 719 g/mol. The second kappa shape index (κ2) is 16.5. The smallest absolute Gasteiger partial charge is 0.256 e. The largest absolute Gasteiger partial charge is 0.456 e. The zero-order chi connectivity index (χ0) is 38.6. The van der Waals surface area contributed by atoms with E-state index in [4.69, 9.17) is 19.6 Å². The lowest BCUT2D eigenvalue weighted by Gasteiger charge is -2.29. The zero-order valence-electron chi connectivity index (χ0n) is 31.1. The number of carbonyl (C=O) groups is 2. The third kappa shape index (κ3) is 7.70. The average molecular weight is 765 g/mol. The first-order valence-corrected chi connectivity index (χ1v) is 19.2. The monoisotopic (exact) mass is 764 g/mol. The maximum Gasteiger partial charge on any atom is 0.256 e. The topological polar surface area (TPSA) is 162 Å². The van der Waals surface area contributed by atoms with Crippen molar-refractivity contribution < 1.29 is 27.9 Å². The number of primary amides is 1. The lowest BCUT2D eigenvalue weighted by Crippen LogP contribution is -2.38. The zero-order valence-corrected chi connectivity index (χ0v) is 31.1. The molecule has 14 nitrogen and oxygen atoms in total. The fourth-order valence-corrected chi connectivity index (χ4v) is 7.66. The van der Waals surface area contributed by atoms with E-state index >= 15 is 4.39 Å². The molecule has 3 aromatic heterocycles. The van der Waals surface area contributed by atoms with E-state index in [-0.39, 0.29) is 23.4 Å². The SMILES string of the molecule is NC(=O)CNCCCn1ccnc1.O=C(NCCCN1CCOCC1)c1cn2c3c(c(N4CCCC4)c(F)cc3c1=O)Oc1cc3c(cc1-2)oc1ccccc13. The van der Waals surface area contributed by atoms with Crippen molar-refractivity contribution in [3.63, 3.8) is 0 Å². The first-order chi connectivity index (χ1) is 27.4. The fourth-order valence-electron chi connectivity index (χ4n) is 7.66. The number of carbonyl (C=O) groups excluding carboxylic acids is 2. The van der Waals surface area contributed by atoms with E-state index in [9.17, 15) is 14.4 Å². The number of aromatic nitrogens is 3. The third-order valence-corrected chi connectivity index (χ3v) is 10.4. The van der Waals surface area contributed by atoms with E-state index in [2.05, 4.69) is 20.5 Å². The molecule has 15 heteroatoms. The molecular formula is C41H45FN8O6. The van der Waals surface area contributed by atoms with Crippen molar-refractivity contribution in [1.29, 1.82) is 0 Å². The van der Waals surface area contributed by atoms with Gasteiger partial charge in [-0.3, -0.25) is 19.3 Å². The van der Waals surface area contributed by atoms with Gasteiger partial charge in [-0.05, 0) is 57.0 Å². The molecule has 2 fully saturated rings. The minimum absolute atomic E-state index is 0.0457. The summed E-state index contributed by atoms with van der Waals surface area (Å²) in [6.07, 6.45) is 10.6. The van der Waals surface area contributed by atoms with Crippen molar-refractivity contribution in [3.05, 3.63) is 89.0 Å². The number of rotatable bonds is 12. The van der Waals surface area contributed by atoms with Crippen LogP contribution >= 0.6 is 0 Å². The first-order valence-electron chi connectivity index (χ1n) is 19.2. The maximum atomic E-state index is 15.9. The predicted octanol–water partition coefficient (Wildman–Crippen LogP) is 4.54. The van der Waals surface area contributed by atoms with E-state index in [0.717, 1.165) is 74.8 Å². The number of nitrogens with zero attached hydrogens (tertiary/aromatic N) is 5. The molecule has 2 saturated heterocycles. The van der Waals surface area contributed by atoms with Gasteiger partial charge in [0.15, 0.2) is 17.3 Å². The number of furan rings is 1. The number of nitrogens with two attached hydrogens (primary N) is 1. The van der Waals surface area contributed by atoms with Crippen LogP contribution < -0.4 is 31.4 Å². The van der Waals surface area contributed by atoms with E-state index in [1.165, 1.54) is 6.07 Å². The number of amides is 2. The molecule has 6 heterocycles. The van der Waals surface area contributed by atoms with Gasteiger partial charge in [0.1, 0.15) is 27.9 Å². The number of para-hydroxylation sites is 1. The predicted molar refractivity (Wildman–Crippen MR) is 211 cm³/mol. The van der Waals surface area contributed by atoms with E-state index in [1.54, 1.807) is 23.3 Å². The van der Waals surface area contributed by atoms with E-state index in [0.29, 0.717) is 66.8 Å². The average Bonchev–Trinajstić information content (AvgIpc) is 4.00. The molecule has 0 spiro atoms. The van der Waals surface area contributed by atoms with Gasteiger partial charge in [0.2, 0.25) is 11.3 Å². The lowest BCUT2D eigenvalue weighted by atomic mass is 10.0. The van der Waals surface area contributed by atoms with Crippen LogP contribution in [0.5, 0.6) is 11.5 Å². The number of ether oxygens (including phenoxy) is 2. The van der Waals surface area contributed by atoms with Crippen molar-refractivity contribution in [1.82, 2.24) is 29.7 Å². The summed E-state index contributed by atoms with van der Waals surface area (Å²) < 4.78 is 37.7. The summed E-state index contributed by atoms with van der Waals surface area (Å²) in [5, 5.41) is 7.76. The van der Waals surface area contributed by atoms with E-state index in [1.807, 2.05) is 52.1 Å². The summed E-state index contributed by atoms with van der Waals surface area (Å²) in [5.74, 6) is -0.538. The highest BCUT2D eigenvalue weighted by Gasteiger charge is 2.32. The highest BCUT2D eigenvalue weighted by atomic mass is 19.1. The van der Waals surface area contributed by atoms with Crippen molar-refractivity contribution in [3.8, 4) is 17.2 Å². The summed E-state index contributed by atoms with van der Waals surface area (Å²) in [5.41, 5.74) is 7.18. The van der Waals surface area contributed by atoms with Gasteiger partial charge in [0.25, 0.3) is 5.91 Å². The number of fused-ring (bicyclic) bond motifs is 5. The fraction of sp³-hybridized carbons (Fsp3) is 0.366. The highest BCUT2D eigenvalue weighted by Crippen LogP contribution is 2.48. The van der Waals surface area contributed by atoms with Crippen LogP contribution in [0.25, 0.3) is 38.5 Å². The van der Waals surface area contributed by atoms with Crippen molar-refractivity contribution >= 4 is 50.3 Å². The normalized spacial score (nSPS) is 15.1. The number of halogens is 1. The second-order valence-electron chi connectivity index (χ2n) is 14.2. The van der Waals surface area contributed by atoms with Gasteiger partial charge >= 0.3 is 0 Å². The van der Waals surface area contributed by atoms with Crippen LogP contribution in [0, 0.1) is 5.82 Å². The van der Waals surface area contributed by atoms with Gasteiger partial charge in [0.05, 0.1) is 37.2 Å². The van der Waals surface area contributed by atoms with Crippen molar-refractivity contribution in [2.24, 2.45) is 5.73 Å². The molecule has 2 amide bonds. The van der Waals surface area contributed by atoms with Crippen molar-refractivity contribution in [2.45, 2.75) is 32.2 Å². The molecule has 9 rings (SSSR count). The Morgan fingerprint density at radius 3 is 2.52 bits per heavy atom. The number of imidazole rings is 1. The quantitative estimate of drug-likeness (QED) is 0.151. The van der Waals surface area contributed by atoms with Gasteiger partial charge in [-0.1, -0.05) is 18.2 Å². The number of morpholine rings is 1. The molecule has 0 bridgehead atoms. The molecule has 0 saturated carbocycles. The summed E-state index contributed by atoms with van der Waals surface area (Å²) in [7, 11) is 0. The summed E-state index contributed by atoms with van der Waals surface area (Å²) in [6, 6.07) is 12.8. The van der Waals surface area contributed by atoms with Crippen LogP contribution in [0.4, 0.5) is 10.1 Å². The van der Waals surface area contributed by atoms with Crippen LogP contribution in [-0.4, -0.2) is 96.4 Å². The number of hydrogen-bond acceptors (Lipinski definition) is 10. The van der Waals surface area contributed by atoms with E-state index < -0.39 is 17.2 Å². The number of hydrogen-bond donors (Lipinski definition) is 3. The molecule has 0 atom stereocenters. The maximum absolute atomic E-state index is 15.9. The Kier molecular flexibility index (Phi) is 11.0.